The summed E-state index contributed by atoms with van der Waals surface area (Å²) in [5.41, 5.74) is 1.78. The summed E-state index contributed by atoms with van der Waals surface area (Å²) < 4.78 is 0. The highest BCUT2D eigenvalue weighted by Crippen LogP contribution is 2.13. The summed E-state index contributed by atoms with van der Waals surface area (Å²) in [7, 11) is 0. The first-order chi connectivity index (χ1) is 8.29. The Morgan fingerprint density at radius 1 is 1.18 bits per heavy atom. The molecule has 4 heteroatoms. The normalized spacial score (nSPS) is 10.2. The maximum absolute atomic E-state index is 4.44. The van der Waals surface area contributed by atoms with Gasteiger partial charge in [0, 0.05) is 18.4 Å². The fourth-order valence-corrected chi connectivity index (χ4v) is 1.50. The van der Waals surface area contributed by atoms with Gasteiger partial charge in [0.05, 0.1) is 0 Å². The second kappa shape index (κ2) is 5.39. The first-order valence-corrected chi connectivity index (χ1v) is 5.80. The Hall–Kier alpha value is -1.97. The molecule has 17 heavy (non-hydrogen) atoms. The van der Waals surface area contributed by atoms with Gasteiger partial charge in [-0.2, -0.15) is 0 Å². The van der Waals surface area contributed by atoms with Crippen molar-refractivity contribution in [1.82, 2.24) is 15.0 Å². The van der Waals surface area contributed by atoms with Gasteiger partial charge in [0.25, 0.3) is 0 Å². The van der Waals surface area contributed by atoms with E-state index in [0.29, 0.717) is 5.82 Å². The minimum Gasteiger partial charge on any atom is -0.370 e. The Morgan fingerprint density at radius 2 is 2.06 bits per heavy atom. The van der Waals surface area contributed by atoms with E-state index in [1.807, 2.05) is 31.2 Å². The molecule has 2 heterocycles. The molecule has 0 amide bonds. The zero-order valence-corrected chi connectivity index (χ0v) is 10.1. The van der Waals surface area contributed by atoms with Gasteiger partial charge in [-0.1, -0.05) is 13.0 Å². The SMILES string of the molecule is CCCNc1ccnc(-c2cccc(C)n2)n1. The predicted octanol–water partition coefficient (Wildman–Crippen LogP) is 2.67. The van der Waals surface area contributed by atoms with E-state index in [4.69, 9.17) is 0 Å². The molecule has 0 atom stereocenters. The lowest BCUT2D eigenvalue weighted by Crippen LogP contribution is -2.03. The number of hydrogen-bond donors (Lipinski definition) is 1. The largest absolute Gasteiger partial charge is 0.370 e. The molecule has 88 valence electrons. The van der Waals surface area contributed by atoms with Crippen LogP contribution in [0.1, 0.15) is 19.0 Å². The maximum Gasteiger partial charge on any atom is 0.180 e. The van der Waals surface area contributed by atoms with Crippen LogP contribution in [0.3, 0.4) is 0 Å². The standard InChI is InChI=1S/C13H16N4/c1-3-8-14-12-7-9-15-13(17-12)11-6-4-5-10(2)16-11/h4-7,9H,3,8H2,1-2H3,(H,14,15,17). The van der Waals surface area contributed by atoms with E-state index in [-0.39, 0.29) is 0 Å². The number of rotatable bonds is 4. The molecule has 0 unspecified atom stereocenters. The zero-order valence-electron chi connectivity index (χ0n) is 10.1. The third kappa shape index (κ3) is 3.00. The Labute approximate surface area is 101 Å². The van der Waals surface area contributed by atoms with Crippen molar-refractivity contribution in [3.63, 3.8) is 0 Å². The van der Waals surface area contributed by atoms with Crippen LogP contribution >= 0.6 is 0 Å². The van der Waals surface area contributed by atoms with Crippen LogP contribution in [-0.4, -0.2) is 21.5 Å². The molecule has 0 aliphatic rings. The molecular formula is C13H16N4. The maximum atomic E-state index is 4.44. The van der Waals surface area contributed by atoms with Crippen LogP contribution in [0.2, 0.25) is 0 Å². The molecule has 0 radical (unpaired) electrons. The van der Waals surface area contributed by atoms with Gasteiger partial charge in [0.15, 0.2) is 5.82 Å². The van der Waals surface area contributed by atoms with Crippen LogP contribution in [-0.2, 0) is 0 Å². The van der Waals surface area contributed by atoms with Gasteiger partial charge < -0.3 is 5.32 Å². The molecule has 4 nitrogen and oxygen atoms in total. The first kappa shape index (κ1) is 11.5. The second-order valence-electron chi connectivity index (χ2n) is 3.86. The molecule has 0 saturated heterocycles. The van der Waals surface area contributed by atoms with Crippen molar-refractivity contribution in [2.24, 2.45) is 0 Å². The number of nitrogens with one attached hydrogen (secondary N) is 1. The highest BCUT2D eigenvalue weighted by atomic mass is 15.0. The molecule has 2 rings (SSSR count). The van der Waals surface area contributed by atoms with Gasteiger partial charge >= 0.3 is 0 Å². The molecule has 0 aliphatic carbocycles. The Kier molecular flexibility index (Phi) is 3.65. The summed E-state index contributed by atoms with van der Waals surface area (Å²) in [5, 5.41) is 3.24. The summed E-state index contributed by atoms with van der Waals surface area (Å²) in [6.07, 6.45) is 2.83. The lowest BCUT2D eigenvalue weighted by atomic mass is 10.3. The van der Waals surface area contributed by atoms with Crippen LogP contribution < -0.4 is 5.32 Å². The molecule has 0 aliphatic heterocycles. The molecule has 0 fully saturated rings. The van der Waals surface area contributed by atoms with Gasteiger partial charge in [0.2, 0.25) is 0 Å². The van der Waals surface area contributed by atoms with Crippen molar-refractivity contribution in [3.8, 4) is 11.5 Å². The number of aryl methyl sites for hydroxylation is 1. The van der Waals surface area contributed by atoms with Gasteiger partial charge in [-0.05, 0) is 31.5 Å². The zero-order chi connectivity index (χ0) is 12.1. The Morgan fingerprint density at radius 3 is 2.82 bits per heavy atom. The van der Waals surface area contributed by atoms with E-state index in [2.05, 4.69) is 27.2 Å². The second-order valence-corrected chi connectivity index (χ2v) is 3.86. The lowest BCUT2D eigenvalue weighted by molar-refractivity contribution is 0.964. The van der Waals surface area contributed by atoms with Gasteiger partial charge in [0.1, 0.15) is 11.5 Å². The summed E-state index contributed by atoms with van der Waals surface area (Å²) in [4.78, 5) is 13.1. The summed E-state index contributed by atoms with van der Waals surface area (Å²) >= 11 is 0. The number of nitrogens with zero attached hydrogens (tertiary/aromatic N) is 3. The fraction of sp³-hybridized carbons (Fsp3) is 0.308. The van der Waals surface area contributed by atoms with Gasteiger partial charge in [-0.25, -0.2) is 15.0 Å². The van der Waals surface area contributed by atoms with Crippen molar-refractivity contribution in [2.45, 2.75) is 20.3 Å². The van der Waals surface area contributed by atoms with Crippen LogP contribution in [0.15, 0.2) is 30.5 Å². The van der Waals surface area contributed by atoms with Gasteiger partial charge in [-0.15, -0.1) is 0 Å². The molecule has 2 aromatic heterocycles. The molecule has 0 aromatic carbocycles. The Bertz CT molecular complexity index is 496. The number of pyridine rings is 1. The van der Waals surface area contributed by atoms with E-state index in [1.165, 1.54) is 0 Å². The molecule has 1 N–H and O–H groups in total. The van der Waals surface area contributed by atoms with Gasteiger partial charge in [-0.3, -0.25) is 0 Å². The lowest BCUT2D eigenvalue weighted by Gasteiger charge is -2.05. The van der Waals surface area contributed by atoms with E-state index in [9.17, 15) is 0 Å². The first-order valence-electron chi connectivity index (χ1n) is 5.80. The molecule has 0 spiro atoms. The third-order valence-corrected chi connectivity index (χ3v) is 2.33. The molecule has 2 aromatic rings. The number of hydrogen-bond acceptors (Lipinski definition) is 4. The third-order valence-electron chi connectivity index (χ3n) is 2.33. The van der Waals surface area contributed by atoms with E-state index >= 15 is 0 Å². The van der Waals surface area contributed by atoms with Crippen molar-refractivity contribution < 1.29 is 0 Å². The van der Waals surface area contributed by atoms with Crippen LogP contribution in [0.4, 0.5) is 5.82 Å². The van der Waals surface area contributed by atoms with Crippen LogP contribution in [0, 0.1) is 6.92 Å². The average molecular weight is 228 g/mol. The van der Waals surface area contributed by atoms with Crippen molar-refractivity contribution >= 4 is 5.82 Å². The smallest absolute Gasteiger partial charge is 0.180 e. The minimum absolute atomic E-state index is 0.662. The molecule has 0 saturated carbocycles. The van der Waals surface area contributed by atoms with Crippen molar-refractivity contribution in [2.75, 3.05) is 11.9 Å². The van der Waals surface area contributed by atoms with E-state index in [1.54, 1.807) is 6.20 Å². The van der Waals surface area contributed by atoms with E-state index in [0.717, 1.165) is 30.2 Å². The quantitative estimate of drug-likeness (QED) is 0.874. The predicted molar refractivity (Wildman–Crippen MR) is 68.8 cm³/mol. The topological polar surface area (TPSA) is 50.7 Å². The number of aromatic nitrogens is 3. The summed E-state index contributed by atoms with van der Waals surface area (Å²) in [6.45, 7) is 5.00. The van der Waals surface area contributed by atoms with Crippen LogP contribution in [0.5, 0.6) is 0 Å². The monoisotopic (exact) mass is 228 g/mol. The number of anilines is 1. The van der Waals surface area contributed by atoms with Crippen molar-refractivity contribution in [1.29, 1.82) is 0 Å². The Balaban J connectivity index is 2.26. The molecular weight excluding hydrogens is 212 g/mol. The highest BCUT2D eigenvalue weighted by molar-refractivity contribution is 5.52. The highest BCUT2D eigenvalue weighted by Gasteiger charge is 2.03. The summed E-state index contributed by atoms with van der Waals surface area (Å²) in [5.74, 6) is 1.51. The van der Waals surface area contributed by atoms with Crippen LogP contribution in [0.25, 0.3) is 11.5 Å². The fourth-order valence-electron chi connectivity index (χ4n) is 1.50. The van der Waals surface area contributed by atoms with E-state index < -0.39 is 0 Å². The average Bonchev–Trinajstić information content (AvgIpc) is 2.37. The van der Waals surface area contributed by atoms with Crippen molar-refractivity contribution in [3.05, 3.63) is 36.2 Å². The summed E-state index contributed by atoms with van der Waals surface area (Å²) in [6, 6.07) is 7.72. The minimum atomic E-state index is 0.662. The molecule has 0 bridgehead atoms.